The Bertz CT molecular complexity index is 367. The van der Waals surface area contributed by atoms with Crippen LogP contribution >= 0.6 is 11.6 Å². The summed E-state index contributed by atoms with van der Waals surface area (Å²) in [7, 11) is 0. The van der Waals surface area contributed by atoms with Gasteiger partial charge in [-0.2, -0.15) is 0 Å². The Kier molecular flexibility index (Phi) is 1.94. The average Bonchev–Trinajstić information content (AvgIpc) is 2.40. The van der Waals surface area contributed by atoms with Crippen molar-refractivity contribution in [2.45, 2.75) is 6.42 Å². The van der Waals surface area contributed by atoms with Gasteiger partial charge in [-0.05, 0) is 6.07 Å². The number of fused-ring (bicyclic) bond motifs is 1. The zero-order chi connectivity index (χ0) is 9.42. The van der Waals surface area contributed by atoms with Crippen LogP contribution in [0, 0.1) is 0 Å². The molecule has 13 heavy (non-hydrogen) atoms. The van der Waals surface area contributed by atoms with E-state index in [1.165, 1.54) is 4.90 Å². The molecule has 0 unspecified atom stereocenters. The predicted octanol–water partition coefficient (Wildman–Crippen LogP) is 0.574. The van der Waals surface area contributed by atoms with Gasteiger partial charge in [0.1, 0.15) is 11.9 Å². The number of carbonyl (C=O) groups excluding carboxylic acids is 1. The number of hydrogen-bond donors (Lipinski definition) is 1. The number of halogens is 1. The summed E-state index contributed by atoms with van der Waals surface area (Å²) in [4.78, 5) is 16.4. The normalized spacial score (nSPS) is 14.9. The van der Waals surface area contributed by atoms with Crippen LogP contribution < -0.4 is 4.90 Å². The van der Waals surface area contributed by atoms with E-state index in [2.05, 4.69) is 4.98 Å². The lowest BCUT2D eigenvalue weighted by Crippen LogP contribution is -2.27. The van der Waals surface area contributed by atoms with E-state index < -0.39 is 0 Å². The van der Waals surface area contributed by atoms with Gasteiger partial charge in [-0.1, -0.05) is 11.6 Å². The number of rotatable bonds is 1. The molecule has 4 nitrogen and oxygen atoms in total. The fourth-order valence-corrected chi connectivity index (χ4v) is 1.54. The molecule has 0 radical (unpaired) electrons. The summed E-state index contributed by atoms with van der Waals surface area (Å²) in [6, 6.07) is 1.58. The number of aromatic nitrogens is 1. The smallest absolute Gasteiger partial charge is 0.233 e. The molecule has 1 amide bonds. The first-order valence-corrected chi connectivity index (χ1v) is 4.16. The van der Waals surface area contributed by atoms with Crippen LogP contribution in [0.2, 0.25) is 5.15 Å². The molecule has 0 aromatic carbocycles. The fraction of sp³-hybridized carbons (Fsp3) is 0.250. The molecule has 0 fully saturated rings. The van der Waals surface area contributed by atoms with E-state index in [9.17, 15) is 4.79 Å². The second-order valence-electron chi connectivity index (χ2n) is 2.78. The summed E-state index contributed by atoms with van der Waals surface area (Å²) >= 11 is 5.66. The van der Waals surface area contributed by atoms with Crippen molar-refractivity contribution in [1.82, 2.24) is 4.98 Å². The Morgan fingerprint density at radius 2 is 2.46 bits per heavy atom. The van der Waals surface area contributed by atoms with Crippen molar-refractivity contribution in [3.8, 4) is 0 Å². The van der Waals surface area contributed by atoms with Gasteiger partial charge in [0.15, 0.2) is 0 Å². The number of carbonyl (C=O) groups is 1. The zero-order valence-corrected chi connectivity index (χ0v) is 7.45. The number of pyridine rings is 1. The topological polar surface area (TPSA) is 53.4 Å². The maximum Gasteiger partial charge on any atom is 0.233 e. The van der Waals surface area contributed by atoms with Crippen molar-refractivity contribution in [1.29, 1.82) is 0 Å². The number of hydrogen-bond acceptors (Lipinski definition) is 3. The van der Waals surface area contributed by atoms with Gasteiger partial charge < -0.3 is 5.11 Å². The summed E-state index contributed by atoms with van der Waals surface area (Å²) in [5, 5.41) is 9.24. The number of anilines is 1. The summed E-state index contributed by atoms with van der Waals surface area (Å²) in [5.74, 6) is -0.124. The minimum atomic E-state index is -0.313. The highest BCUT2D eigenvalue weighted by Crippen LogP contribution is 2.29. The molecule has 1 aliphatic rings. The van der Waals surface area contributed by atoms with Crippen LogP contribution in [0.3, 0.4) is 0 Å². The van der Waals surface area contributed by atoms with Crippen molar-refractivity contribution in [3.05, 3.63) is 23.0 Å². The summed E-state index contributed by atoms with van der Waals surface area (Å²) in [6.45, 7) is -0.313. The molecule has 68 valence electrons. The van der Waals surface area contributed by atoms with Gasteiger partial charge in [-0.15, -0.1) is 0 Å². The number of amides is 1. The SMILES string of the molecule is O=C1Cc2cnc(Cl)cc2N1CO. The molecule has 0 saturated carbocycles. The first-order chi connectivity index (χ1) is 6.22. The van der Waals surface area contributed by atoms with Crippen LogP contribution in [0.4, 0.5) is 5.69 Å². The third-order valence-corrected chi connectivity index (χ3v) is 2.21. The molecular formula is C8H7ClN2O2. The molecular weight excluding hydrogens is 192 g/mol. The van der Waals surface area contributed by atoms with Gasteiger partial charge >= 0.3 is 0 Å². The number of nitrogens with zero attached hydrogens (tertiary/aromatic N) is 2. The van der Waals surface area contributed by atoms with Crippen LogP contribution in [0.25, 0.3) is 0 Å². The Hall–Kier alpha value is -1.13. The van der Waals surface area contributed by atoms with Gasteiger partial charge in [-0.25, -0.2) is 4.98 Å². The molecule has 1 N–H and O–H groups in total. The molecule has 2 heterocycles. The Labute approximate surface area is 79.8 Å². The molecule has 0 atom stereocenters. The average molecular weight is 199 g/mol. The largest absolute Gasteiger partial charge is 0.376 e. The molecule has 1 aromatic heterocycles. The van der Waals surface area contributed by atoms with Gasteiger partial charge in [-0.3, -0.25) is 9.69 Å². The van der Waals surface area contributed by atoms with E-state index in [0.717, 1.165) is 5.56 Å². The second-order valence-corrected chi connectivity index (χ2v) is 3.16. The number of aliphatic hydroxyl groups is 1. The van der Waals surface area contributed by atoms with Crippen LogP contribution in [0.1, 0.15) is 5.56 Å². The van der Waals surface area contributed by atoms with Crippen LogP contribution in [-0.4, -0.2) is 22.7 Å². The highest BCUT2D eigenvalue weighted by Gasteiger charge is 2.26. The minimum Gasteiger partial charge on any atom is -0.376 e. The maximum atomic E-state index is 11.3. The first-order valence-electron chi connectivity index (χ1n) is 3.78. The molecule has 5 heteroatoms. The van der Waals surface area contributed by atoms with E-state index in [1.807, 2.05) is 0 Å². The maximum absolute atomic E-state index is 11.3. The van der Waals surface area contributed by atoms with E-state index >= 15 is 0 Å². The third kappa shape index (κ3) is 1.28. The van der Waals surface area contributed by atoms with Crippen molar-refractivity contribution in [3.63, 3.8) is 0 Å². The van der Waals surface area contributed by atoms with E-state index in [0.29, 0.717) is 17.3 Å². The molecule has 1 aliphatic heterocycles. The second kappa shape index (κ2) is 2.97. The monoisotopic (exact) mass is 198 g/mol. The quantitative estimate of drug-likeness (QED) is 0.672. The molecule has 0 saturated heterocycles. The Morgan fingerprint density at radius 1 is 1.69 bits per heavy atom. The van der Waals surface area contributed by atoms with Gasteiger partial charge in [0.2, 0.25) is 5.91 Å². The lowest BCUT2D eigenvalue weighted by molar-refractivity contribution is -0.118. The van der Waals surface area contributed by atoms with Crippen LogP contribution in [-0.2, 0) is 11.2 Å². The van der Waals surface area contributed by atoms with E-state index in [-0.39, 0.29) is 12.6 Å². The molecule has 1 aromatic rings. The van der Waals surface area contributed by atoms with Crippen LogP contribution in [0.15, 0.2) is 12.3 Å². The van der Waals surface area contributed by atoms with Crippen molar-refractivity contribution >= 4 is 23.2 Å². The number of aliphatic hydroxyl groups excluding tert-OH is 1. The minimum absolute atomic E-state index is 0.124. The van der Waals surface area contributed by atoms with Gasteiger partial charge in [0.25, 0.3) is 0 Å². The van der Waals surface area contributed by atoms with Crippen molar-refractivity contribution in [2.75, 3.05) is 11.6 Å². The van der Waals surface area contributed by atoms with Crippen molar-refractivity contribution in [2.24, 2.45) is 0 Å². The first kappa shape index (κ1) is 8.47. The van der Waals surface area contributed by atoms with E-state index in [4.69, 9.17) is 16.7 Å². The summed E-state index contributed by atoms with van der Waals surface area (Å²) < 4.78 is 0. The predicted molar refractivity (Wildman–Crippen MR) is 47.5 cm³/mol. The highest BCUT2D eigenvalue weighted by molar-refractivity contribution is 6.29. The Balaban J connectivity index is 2.50. The van der Waals surface area contributed by atoms with Gasteiger partial charge in [0, 0.05) is 11.8 Å². The lowest BCUT2D eigenvalue weighted by atomic mass is 10.2. The van der Waals surface area contributed by atoms with Crippen LogP contribution in [0.5, 0.6) is 0 Å². The van der Waals surface area contributed by atoms with E-state index in [1.54, 1.807) is 12.3 Å². The third-order valence-electron chi connectivity index (χ3n) is 2.00. The summed E-state index contributed by atoms with van der Waals surface area (Å²) in [6.07, 6.45) is 1.85. The molecule has 0 aliphatic carbocycles. The molecule has 0 bridgehead atoms. The molecule has 0 spiro atoms. The van der Waals surface area contributed by atoms with Gasteiger partial charge in [0.05, 0.1) is 12.1 Å². The fourth-order valence-electron chi connectivity index (χ4n) is 1.38. The standard InChI is InChI=1S/C8H7ClN2O2/c9-7-2-6-5(3-10-7)1-8(13)11(6)4-12/h2-3,12H,1,4H2. The molecule has 2 rings (SSSR count). The summed E-state index contributed by atoms with van der Waals surface area (Å²) in [5.41, 5.74) is 1.47. The van der Waals surface area contributed by atoms with Crippen molar-refractivity contribution < 1.29 is 9.90 Å². The lowest BCUT2D eigenvalue weighted by Gasteiger charge is -2.12. The zero-order valence-electron chi connectivity index (χ0n) is 6.70. The highest BCUT2D eigenvalue weighted by atomic mass is 35.5. The Morgan fingerprint density at radius 3 is 3.15 bits per heavy atom.